The van der Waals surface area contributed by atoms with Gasteiger partial charge in [0.15, 0.2) is 51.0 Å². The van der Waals surface area contributed by atoms with Gasteiger partial charge in [0.25, 0.3) is 11.8 Å². The van der Waals surface area contributed by atoms with Gasteiger partial charge in [-0.3, -0.25) is 19.2 Å². The van der Waals surface area contributed by atoms with E-state index in [-0.39, 0.29) is 56.2 Å². The molecule has 0 unspecified atom stereocenters. The van der Waals surface area contributed by atoms with Crippen LogP contribution in [0.4, 0.5) is 0 Å². The van der Waals surface area contributed by atoms with Gasteiger partial charge < -0.3 is 185 Å². The third-order valence-electron chi connectivity index (χ3n) is 19.1. The molecular formula is C69H98N4O38. The van der Waals surface area contributed by atoms with Gasteiger partial charge in [-0.15, -0.1) is 0 Å². The maximum absolute atomic E-state index is 13.4. The molecule has 0 aliphatic carbocycles. The second-order valence-electron chi connectivity index (χ2n) is 27.0. The maximum atomic E-state index is 13.4. The molecule has 622 valence electrons. The molecule has 0 spiro atoms. The molecule has 9 rings (SSSR count). The maximum Gasteiger partial charge on any atom is 0.335 e. The first-order valence-electron chi connectivity index (χ1n) is 35.6. The Morgan fingerprint density at radius 1 is 0.369 bits per heavy atom. The van der Waals surface area contributed by atoms with Crippen molar-refractivity contribution >= 4 is 29.6 Å². The quantitative estimate of drug-likeness (QED) is 0.0243. The predicted octanol–water partition coefficient (Wildman–Crippen LogP) is -10.3. The minimum Gasteiger partial charge on any atom is -0.484 e. The van der Waals surface area contributed by atoms with Gasteiger partial charge in [0.05, 0.1) is 58.4 Å². The number of nitrogens with one attached hydrogen (secondary N) is 4. The molecule has 6 aliphatic rings. The molecule has 42 nitrogen and oxygen atoms in total. The number of aliphatic hydroxyl groups is 18. The van der Waals surface area contributed by atoms with Crippen LogP contribution in [0, 0.1) is 0 Å². The lowest BCUT2D eigenvalue weighted by molar-refractivity contribution is -0.376. The lowest BCUT2D eigenvalue weighted by Crippen LogP contribution is -2.68. The lowest BCUT2D eigenvalue weighted by Gasteiger charge is -2.48. The number of hydrogen-bond acceptors (Lipinski definition) is 37. The fraction of sp³-hybridized carbons (Fsp3) is 0.667. The molecule has 3 aromatic rings. The van der Waals surface area contributed by atoms with Crippen LogP contribution in [-0.4, -0.2) is 390 Å². The molecule has 0 radical (unpaired) electrons. The highest BCUT2D eigenvalue weighted by molar-refractivity contribution is 5.89. The number of ether oxygens (including phenoxy) is 14. The topological polar surface area (TPSA) is 647 Å². The third-order valence-corrected chi connectivity index (χ3v) is 19.1. The summed E-state index contributed by atoms with van der Waals surface area (Å²) in [4.78, 5) is 63.6. The summed E-state index contributed by atoms with van der Waals surface area (Å²) >= 11 is 0. The fourth-order valence-electron chi connectivity index (χ4n) is 13.2. The Kier molecular flexibility index (Phi) is 32.7. The predicted molar refractivity (Wildman–Crippen MR) is 364 cm³/mol. The van der Waals surface area contributed by atoms with Gasteiger partial charge in [-0.1, -0.05) is 30.3 Å². The van der Waals surface area contributed by atoms with Gasteiger partial charge in [-0.25, -0.2) is 4.79 Å². The normalized spacial score (nSPS) is 36.5. The summed E-state index contributed by atoms with van der Waals surface area (Å²) in [5, 5.41) is 211. The molecule has 0 saturated carbocycles. The van der Waals surface area contributed by atoms with Crippen molar-refractivity contribution in [1.82, 2.24) is 21.3 Å². The average molecular weight is 1590 g/mol. The van der Waals surface area contributed by atoms with Crippen LogP contribution in [0.15, 0.2) is 66.7 Å². The SMILES string of the molecule is CC(=O)N[C@H]1[C@H](OCCCNC(=O)COc2cc(OCC(=O)NCCCO[C@@H]3O[C@H](CO)[C@@H](O[C@@H]4O[C@H](CO)[C@H](O)[C@H](O[C@H]5O[C@H](CO)[C@H](O)[C@H](O)[C@H]5O)[C@H]4O)[C@H](O)[C@H]3NC(C)=O)cc(-c3cccc(-c4cccc(C(=O)O)c4)c3)c2)O[C@H](CO)[C@@H](O[C@@H]2O[C@H](CO)[C@H](O)[C@H](O[C@H]3O[C@H](CO)[C@H](O)[C@H](O)[C@H]3O)[C@H]2O)[C@@H]1O. The molecule has 111 heavy (non-hydrogen) atoms. The molecule has 0 bridgehead atoms. The number of benzene rings is 3. The molecule has 6 saturated heterocycles. The number of carboxylic acid groups (broad SMARTS) is 1. The van der Waals surface area contributed by atoms with E-state index in [0.717, 1.165) is 13.8 Å². The van der Waals surface area contributed by atoms with Crippen molar-refractivity contribution in [1.29, 1.82) is 0 Å². The zero-order valence-corrected chi connectivity index (χ0v) is 59.8. The smallest absolute Gasteiger partial charge is 0.335 e. The summed E-state index contributed by atoms with van der Waals surface area (Å²) in [6.45, 7) is -4.70. The zero-order chi connectivity index (χ0) is 80.7. The molecule has 23 N–H and O–H groups in total. The van der Waals surface area contributed by atoms with E-state index >= 15 is 0 Å². The molecule has 6 heterocycles. The Morgan fingerprint density at radius 3 is 1.09 bits per heavy atom. The number of amides is 4. The van der Waals surface area contributed by atoms with Crippen LogP contribution in [0.5, 0.6) is 11.5 Å². The summed E-state index contributed by atoms with van der Waals surface area (Å²) in [6.07, 6.45) is -49.3. The van der Waals surface area contributed by atoms with Crippen molar-refractivity contribution in [3.8, 4) is 33.8 Å². The molecule has 3 aromatic carbocycles. The van der Waals surface area contributed by atoms with E-state index in [4.69, 9.17) is 66.3 Å². The number of aliphatic hydroxyl groups excluding tert-OH is 18. The van der Waals surface area contributed by atoms with Crippen LogP contribution in [0.1, 0.15) is 37.0 Å². The summed E-state index contributed by atoms with van der Waals surface area (Å²) in [5.41, 5.74) is 2.27. The first kappa shape index (κ1) is 88.4. The second kappa shape index (κ2) is 41.1. The van der Waals surface area contributed by atoms with Crippen molar-refractivity contribution in [2.75, 3.05) is 79.2 Å². The monoisotopic (exact) mass is 1590 g/mol. The first-order valence-corrected chi connectivity index (χ1v) is 35.6. The molecule has 42 heteroatoms. The van der Waals surface area contributed by atoms with Crippen LogP contribution in [0.2, 0.25) is 0 Å². The summed E-state index contributed by atoms with van der Waals surface area (Å²) in [6, 6.07) is 14.9. The van der Waals surface area contributed by atoms with Crippen LogP contribution in [-0.2, 0) is 76.0 Å². The highest BCUT2D eigenvalue weighted by atomic mass is 16.8. The van der Waals surface area contributed by atoms with Crippen LogP contribution in [0.25, 0.3) is 22.3 Å². The minimum atomic E-state index is -2.05. The number of hydrogen-bond donors (Lipinski definition) is 23. The van der Waals surface area contributed by atoms with Crippen molar-refractivity contribution in [3.05, 3.63) is 72.3 Å². The van der Waals surface area contributed by atoms with Crippen molar-refractivity contribution in [2.45, 2.75) is 211 Å². The van der Waals surface area contributed by atoms with E-state index in [1.165, 1.54) is 18.2 Å². The molecule has 30 atom stereocenters. The van der Waals surface area contributed by atoms with Gasteiger partial charge in [0.2, 0.25) is 11.8 Å². The zero-order valence-electron chi connectivity index (χ0n) is 59.8. The summed E-state index contributed by atoms with van der Waals surface area (Å²) < 4.78 is 80.7. The van der Waals surface area contributed by atoms with Gasteiger partial charge in [0.1, 0.15) is 158 Å². The van der Waals surface area contributed by atoms with Gasteiger partial charge in [-0.2, -0.15) is 0 Å². The van der Waals surface area contributed by atoms with Gasteiger partial charge >= 0.3 is 5.97 Å². The Balaban J connectivity index is 0.780. The highest BCUT2D eigenvalue weighted by Crippen LogP contribution is 2.38. The van der Waals surface area contributed by atoms with Gasteiger partial charge in [-0.05, 0) is 65.4 Å². The van der Waals surface area contributed by atoms with E-state index in [1.807, 2.05) is 0 Å². The van der Waals surface area contributed by atoms with E-state index in [0.29, 0.717) is 22.3 Å². The number of rotatable bonds is 35. The highest BCUT2D eigenvalue weighted by Gasteiger charge is 2.57. The minimum absolute atomic E-state index is 0.0415. The third kappa shape index (κ3) is 22.1. The van der Waals surface area contributed by atoms with Crippen molar-refractivity contribution in [2.24, 2.45) is 0 Å². The Hall–Kier alpha value is -6.59. The van der Waals surface area contributed by atoms with E-state index < -0.39 is 267 Å². The van der Waals surface area contributed by atoms with Crippen molar-refractivity contribution in [3.63, 3.8) is 0 Å². The fourth-order valence-corrected chi connectivity index (χ4v) is 13.2. The lowest BCUT2D eigenvalue weighted by atomic mass is 9.95. The first-order chi connectivity index (χ1) is 53.0. The number of aromatic carboxylic acids is 1. The molecule has 4 amide bonds. The Morgan fingerprint density at radius 2 is 0.712 bits per heavy atom. The van der Waals surface area contributed by atoms with Gasteiger partial charge in [0, 0.05) is 33.0 Å². The number of carbonyl (C=O) groups excluding carboxylic acids is 4. The summed E-state index contributed by atoms with van der Waals surface area (Å²) in [5.74, 6) is -3.61. The Labute approximate surface area is 632 Å². The Bertz CT molecular complexity index is 3310. The number of carboxylic acids is 1. The average Bonchev–Trinajstić information content (AvgIpc) is 0.777. The van der Waals surface area contributed by atoms with E-state index in [2.05, 4.69) is 21.3 Å². The molecular weight excluding hydrogens is 1490 g/mol. The van der Waals surface area contributed by atoms with Crippen LogP contribution < -0.4 is 30.7 Å². The van der Waals surface area contributed by atoms with Crippen LogP contribution in [0.3, 0.4) is 0 Å². The van der Waals surface area contributed by atoms with E-state index in [9.17, 15) is 121 Å². The summed E-state index contributed by atoms with van der Waals surface area (Å²) in [7, 11) is 0. The number of carbonyl (C=O) groups is 5. The molecule has 6 fully saturated rings. The molecule has 6 aliphatic heterocycles. The molecule has 0 aromatic heterocycles. The standard InChI is InChI=1S/C69H98N4O38/c1-28(80)72-45-51(88)59(108-68-57(94)61(49(86)39(22-76)104-68)110-66-55(92)53(90)47(84)37(20-74)102-66)41(24-78)106-64(45)98-13-5-11-70-43(82)26-100-35-17-34(32-9-3-7-30(15-32)31-8-4-10-33(16-31)63(96)97)18-36(19-35)101-27-44(83)71-12-6-14-99-65-46(73-29(2)81)52(89)60(42(25-79)107-65)109-69-58(95)62(50(87)40(23-77)105-69)111-67-56(93)54(91)48(85)38(21-75)103-67/h3-4,7-10,15-19,37-42,45-62,64-69,74-79,84-95H,5-6,11-14,20-27H2,1-2H3,(H,70,82)(H,71,83)(H,72,80)(H,73,81)(H,96,97)/t37-,38-,39-,40-,41-,42-,45-,46-,47+,48+,49+,50+,51-,52-,53+,54+,55-,56-,57-,58-,59-,60-,61+,62+,64-,65-,66-,67-,68+,69+/m1/s1. The largest absolute Gasteiger partial charge is 0.484 e. The second-order valence-corrected chi connectivity index (χ2v) is 27.0. The van der Waals surface area contributed by atoms with Crippen molar-refractivity contribution < 1.29 is 187 Å². The van der Waals surface area contributed by atoms with E-state index in [1.54, 1.807) is 48.5 Å². The van der Waals surface area contributed by atoms with Crippen LogP contribution >= 0.6 is 0 Å².